The summed E-state index contributed by atoms with van der Waals surface area (Å²) < 4.78 is 5.37. The Labute approximate surface area is 132 Å². The summed E-state index contributed by atoms with van der Waals surface area (Å²) in [6.45, 7) is 4.96. The highest BCUT2D eigenvalue weighted by Crippen LogP contribution is 2.16. The first-order chi connectivity index (χ1) is 9.71. The largest absolute Gasteiger partial charge is 0.494 e. The average Bonchev–Trinajstić information content (AvgIpc) is 2.89. The van der Waals surface area contributed by atoms with Crippen molar-refractivity contribution in [2.24, 2.45) is 0 Å². The smallest absolute Gasteiger partial charge is 0.238 e. The Bertz CT molecular complexity index is 439. The van der Waals surface area contributed by atoms with Crippen LogP contribution in [0.1, 0.15) is 13.3 Å². The molecule has 2 N–H and O–H groups in total. The van der Waals surface area contributed by atoms with E-state index < -0.39 is 0 Å². The molecule has 21 heavy (non-hydrogen) atoms. The molecule has 0 saturated carbocycles. The van der Waals surface area contributed by atoms with E-state index in [2.05, 4.69) is 15.5 Å². The number of rotatable bonds is 6. The van der Waals surface area contributed by atoms with E-state index in [1.807, 2.05) is 38.2 Å². The molecule has 5 nitrogen and oxygen atoms in total. The van der Waals surface area contributed by atoms with Crippen LogP contribution < -0.4 is 15.4 Å². The summed E-state index contributed by atoms with van der Waals surface area (Å²) in [5, 5.41) is 6.16. The Hall–Kier alpha value is -1.30. The van der Waals surface area contributed by atoms with Crippen LogP contribution in [-0.2, 0) is 4.79 Å². The number of likely N-dealkylation sites (N-methyl/N-ethyl adjacent to an activating group) is 1. The van der Waals surface area contributed by atoms with Crippen molar-refractivity contribution in [1.82, 2.24) is 10.2 Å². The van der Waals surface area contributed by atoms with Gasteiger partial charge in [0.2, 0.25) is 5.91 Å². The lowest BCUT2D eigenvalue weighted by molar-refractivity contribution is -0.117. The summed E-state index contributed by atoms with van der Waals surface area (Å²) >= 11 is 0. The van der Waals surface area contributed by atoms with Gasteiger partial charge in [0.25, 0.3) is 0 Å². The number of likely N-dealkylation sites (tertiary alicyclic amines) is 1. The molecule has 118 valence electrons. The van der Waals surface area contributed by atoms with Crippen LogP contribution in [0.25, 0.3) is 0 Å². The van der Waals surface area contributed by atoms with Gasteiger partial charge in [-0.15, -0.1) is 12.4 Å². The highest BCUT2D eigenvalue weighted by atomic mass is 35.5. The van der Waals surface area contributed by atoms with Gasteiger partial charge in [-0.25, -0.2) is 0 Å². The first-order valence-electron chi connectivity index (χ1n) is 7.13. The fourth-order valence-electron chi connectivity index (χ4n) is 2.42. The summed E-state index contributed by atoms with van der Waals surface area (Å²) in [5.74, 6) is 0.854. The molecule has 6 heteroatoms. The monoisotopic (exact) mass is 313 g/mol. The molecule has 1 aliphatic rings. The molecule has 1 aromatic rings. The Morgan fingerprint density at radius 1 is 1.38 bits per heavy atom. The van der Waals surface area contributed by atoms with Gasteiger partial charge in [-0.3, -0.25) is 9.69 Å². The van der Waals surface area contributed by atoms with Crippen molar-refractivity contribution in [1.29, 1.82) is 0 Å². The molecule has 1 fully saturated rings. The van der Waals surface area contributed by atoms with Crippen molar-refractivity contribution in [2.45, 2.75) is 19.4 Å². The van der Waals surface area contributed by atoms with Gasteiger partial charge in [-0.05, 0) is 44.7 Å². The molecule has 0 spiro atoms. The van der Waals surface area contributed by atoms with Gasteiger partial charge in [0, 0.05) is 24.8 Å². The van der Waals surface area contributed by atoms with Gasteiger partial charge in [-0.2, -0.15) is 0 Å². The lowest BCUT2D eigenvalue weighted by Crippen LogP contribution is -2.34. The second kappa shape index (κ2) is 8.87. The van der Waals surface area contributed by atoms with Crippen LogP contribution >= 0.6 is 12.4 Å². The zero-order valence-electron chi connectivity index (χ0n) is 12.6. The highest BCUT2D eigenvalue weighted by molar-refractivity contribution is 5.92. The number of nitrogens with one attached hydrogen (secondary N) is 2. The van der Waals surface area contributed by atoms with E-state index in [-0.39, 0.29) is 18.3 Å². The zero-order chi connectivity index (χ0) is 14.4. The fourth-order valence-corrected chi connectivity index (χ4v) is 2.42. The predicted octanol–water partition coefficient (Wildman–Crippen LogP) is 1.74. The second-order valence-corrected chi connectivity index (χ2v) is 5.01. The number of ether oxygens (including phenoxy) is 1. The van der Waals surface area contributed by atoms with Gasteiger partial charge in [0.15, 0.2) is 0 Å². The summed E-state index contributed by atoms with van der Waals surface area (Å²) in [6, 6.07) is 7.97. The normalized spacial score (nSPS) is 18.1. The number of benzene rings is 1. The topological polar surface area (TPSA) is 53.6 Å². The maximum Gasteiger partial charge on any atom is 0.238 e. The Morgan fingerprint density at radius 2 is 2.10 bits per heavy atom. The van der Waals surface area contributed by atoms with Crippen molar-refractivity contribution in [3.8, 4) is 5.75 Å². The highest BCUT2D eigenvalue weighted by Gasteiger charge is 2.22. The van der Waals surface area contributed by atoms with Crippen LogP contribution in [0.2, 0.25) is 0 Å². The number of hydrogen-bond donors (Lipinski definition) is 2. The SMILES string of the molecule is CCOc1ccc(NC(=O)CN2CCC(NC)C2)cc1.Cl. The molecule has 1 heterocycles. The molecule has 1 unspecified atom stereocenters. The molecule has 1 aromatic carbocycles. The number of halogens is 1. The maximum atomic E-state index is 12.0. The Kier molecular flexibility index (Phi) is 7.50. The van der Waals surface area contributed by atoms with E-state index >= 15 is 0 Å². The molecule has 0 aromatic heterocycles. The van der Waals surface area contributed by atoms with Crippen molar-refractivity contribution < 1.29 is 9.53 Å². The van der Waals surface area contributed by atoms with E-state index in [1.165, 1.54) is 0 Å². The van der Waals surface area contributed by atoms with Crippen LogP contribution in [0, 0.1) is 0 Å². The Balaban J connectivity index is 0.00000220. The summed E-state index contributed by atoms with van der Waals surface area (Å²) in [7, 11) is 1.97. The molecule has 1 atom stereocenters. The number of nitrogens with zero attached hydrogens (tertiary/aromatic N) is 1. The molecular weight excluding hydrogens is 290 g/mol. The molecule has 0 bridgehead atoms. The second-order valence-electron chi connectivity index (χ2n) is 5.01. The third-order valence-corrected chi connectivity index (χ3v) is 3.50. The van der Waals surface area contributed by atoms with Crippen molar-refractivity contribution >= 4 is 24.0 Å². The molecule has 0 radical (unpaired) electrons. The quantitative estimate of drug-likeness (QED) is 0.840. The average molecular weight is 314 g/mol. The van der Waals surface area contributed by atoms with Crippen molar-refractivity contribution in [3.63, 3.8) is 0 Å². The number of carbonyl (C=O) groups excluding carboxylic acids is 1. The molecule has 1 saturated heterocycles. The lowest BCUT2D eigenvalue weighted by Gasteiger charge is -2.15. The summed E-state index contributed by atoms with van der Waals surface area (Å²) in [5.41, 5.74) is 0.808. The van der Waals surface area contributed by atoms with E-state index in [1.54, 1.807) is 0 Å². The number of anilines is 1. The third kappa shape index (κ3) is 5.53. The van der Waals surface area contributed by atoms with E-state index in [0.29, 0.717) is 19.2 Å². The molecule has 1 amide bonds. The first kappa shape index (κ1) is 17.8. The summed E-state index contributed by atoms with van der Waals surface area (Å²) in [6.07, 6.45) is 1.10. The fraction of sp³-hybridized carbons (Fsp3) is 0.533. The zero-order valence-corrected chi connectivity index (χ0v) is 13.4. The number of amides is 1. The summed E-state index contributed by atoms with van der Waals surface area (Å²) in [4.78, 5) is 14.1. The van der Waals surface area contributed by atoms with Crippen LogP contribution in [0.3, 0.4) is 0 Å². The van der Waals surface area contributed by atoms with Crippen LogP contribution in [0.15, 0.2) is 24.3 Å². The number of hydrogen-bond acceptors (Lipinski definition) is 4. The van der Waals surface area contributed by atoms with E-state index in [9.17, 15) is 4.79 Å². The predicted molar refractivity (Wildman–Crippen MR) is 87.4 cm³/mol. The van der Waals surface area contributed by atoms with Gasteiger partial charge in [0.1, 0.15) is 5.75 Å². The molecule has 0 aliphatic carbocycles. The minimum Gasteiger partial charge on any atom is -0.494 e. The van der Waals surface area contributed by atoms with E-state index in [0.717, 1.165) is 30.9 Å². The van der Waals surface area contributed by atoms with Gasteiger partial charge in [0.05, 0.1) is 13.2 Å². The van der Waals surface area contributed by atoms with Crippen LogP contribution in [-0.4, -0.2) is 50.1 Å². The Morgan fingerprint density at radius 3 is 2.67 bits per heavy atom. The molecular formula is C15H24ClN3O2. The number of carbonyl (C=O) groups is 1. The van der Waals surface area contributed by atoms with Gasteiger partial charge >= 0.3 is 0 Å². The van der Waals surface area contributed by atoms with E-state index in [4.69, 9.17) is 4.74 Å². The third-order valence-electron chi connectivity index (χ3n) is 3.50. The van der Waals surface area contributed by atoms with Crippen molar-refractivity contribution in [3.05, 3.63) is 24.3 Å². The lowest BCUT2D eigenvalue weighted by atomic mass is 10.3. The standard InChI is InChI=1S/C15H23N3O2.ClH/c1-3-20-14-6-4-12(5-7-14)17-15(19)11-18-9-8-13(10-18)16-2;/h4-7,13,16H,3,8-11H2,1-2H3,(H,17,19);1H. The minimum atomic E-state index is 0. The van der Waals surface area contributed by atoms with Gasteiger partial charge in [-0.1, -0.05) is 0 Å². The molecule has 1 aliphatic heterocycles. The van der Waals surface area contributed by atoms with Crippen LogP contribution in [0.4, 0.5) is 5.69 Å². The first-order valence-corrected chi connectivity index (χ1v) is 7.13. The van der Waals surface area contributed by atoms with Crippen LogP contribution in [0.5, 0.6) is 5.75 Å². The minimum absolute atomic E-state index is 0. The molecule has 2 rings (SSSR count). The van der Waals surface area contributed by atoms with Gasteiger partial charge < -0.3 is 15.4 Å². The maximum absolute atomic E-state index is 12.0. The van der Waals surface area contributed by atoms with Crippen molar-refractivity contribution in [2.75, 3.05) is 38.6 Å².